The average molecular weight is 316 g/mol. The number of rotatable bonds is 8. The van der Waals surface area contributed by atoms with E-state index in [1.165, 1.54) is 0 Å². The molecule has 0 saturated carbocycles. The SMILES string of the molecule is C=CC(=O)OCCOCCOc1c(C)cc(O)c2ccccc12. The molecule has 2 aromatic rings. The van der Waals surface area contributed by atoms with Crippen molar-refractivity contribution in [1.29, 1.82) is 0 Å². The zero-order valence-corrected chi connectivity index (χ0v) is 13.1. The van der Waals surface area contributed by atoms with Gasteiger partial charge in [-0.15, -0.1) is 0 Å². The summed E-state index contributed by atoms with van der Waals surface area (Å²) in [5, 5.41) is 11.6. The van der Waals surface area contributed by atoms with Crippen molar-refractivity contribution in [3.63, 3.8) is 0 Å². The molecule has 0 fully saturated rings. The van der Waals surface area contributed by atoms with Crippen LogP contribution in [-0.4, -0.2) is 37.5 Å². The lowest BCUT2D eigenvalue weighted by Crippen LogP contribution is -2.12. The Morgan fingerprint density at radius 3 is 2.61 bits per heavy atom. The van der Waals surface area contributed by atoms with Crippen LogP contribution in [0.2, 0.25) is 0 Å². The first-order valence-corrected chi connectivity index (χ1v) is 7.34. The number of carbonyl (C=O) groups excluding carboxylic acids is 1. The molecule has 0 heterocycles. The number of hydrogen-bond donors (Lipinski definition) is 1. The highest BCUT2D eigenvalue weighted by atomic mass is 16.6. The van der Waals surface area contributed by atoms with Crippen LogP contribution in [0.1, 0.15) is 5.56 Å². The minimum atomic E-state index is -0.462. The maximum atomic E-state index is 10.8. The third-order valence-corrected chi connectivity index (χ3v) is 3.27. The van der Waals surface area contributed by atoms with Gasteiger partial charge in [0.25, 0.3) is 0 Å². The molecule has 0 radical (unpaired) electrons. The second-order valence-electron chi connectivity index (χ2n) is 4.92. The van der Waals surface area contributed by atoms with Crippen molar-refractivity contribution in [3.05, 3.63) is 48.6 Å². The molecule has 0 aromatic heterocycles. The van der Waals surface area contributed by atoms with E-state index in [0.717, 1.165) is 28.2 Å². The van der Waals surface area contributed by atoms with Gasteiger partial charge >= 0.3 is 5.97 Å². The number of ether oxygens (including phenoxy) is 3. The quantitative estimate of drug-likeness (QED) is 0.461. The predicted molar refractivity (Wildman–Crippen MR) is 87.8 cm³/mol. The number of fused-ring (bicyclic) bond motifs is 1. The van der Waals surface area contributed by atoms with Crippen LogP contribution in [-0.2, 0) is 14.3 Å². The van der Waals surface area contributed by atoms with Gasteiger partial charge in [-0.25, -0.2) is 4.79 Å². The highest BCUT2D eigenvalue weighted by molar-refractivity contribution is 5.94. The first kappa shape index (κ1) is 16.8. The second-order valence-corrected chi connectivity index (χ2v) is 4.92. The normalized spacial score (nSPS) is 10.5. The van der Waals surface area contributed by atoms with E-state index in [0.29, 0.717) is 19.8 Å². The standard InChI is InChI=1S/C18H20O5/c1-3-17(20)22-10-8-21-9-11-23-18-13(2)12-16(19)14-6-4-5-7-15(14)18/h3-7,12,19H,1,8-11H2,2H3. The zero-order chi connectivity index (χ0) is 16.7. The Hall–Kier alpha value is -2.53. The Bertz CT molecular complexity index is 693. The van der Waals surface area contributed by atoms with Crippen molar-refractivity contribution < 1.29 is 24.1 Å². The molecule has 0 amide bonds. The molecule has 0 saturated heterocycles. The minimum absolute atomic E-state index is 0.187. The number of hydrogen-bond acceptors (Lipinski definition) is 5. The molecule has 0 unspecified atom stereocenters. The van der Waals surface area contributed by atoms with Crippen LogP contribution in [0.4, 0.5) is 0 Å². The molecule has 122 valence electrons. The predicted octanol–water partition coefficient (Wildman–Crippen LogP) is 2.98. The summed E-state index contributed by atoms with van der Waals surface area (Å²) >= 11 is 0. The Labute approximate surface area is 135 Å². The maximum Gasteiger partial charge on any atom is 0.330 e. The largest absolute Gasteiger partial charge is 0.507 e. The molecule has 1 N–H and O–H groups in total. The van der Waals surface area contributed by atoms with Crippen molar-refractivity contribution in [2.45, 2.75) is 6.92 Å². The average Bonchev–Trinajstić information content (AvgIpc) is 2.56. The molecule has 0 bridgehead atoms. The Morgan fingerprint density at radius 2 is 1.87 bits per heavy atom. The lowest BCUT2D eigenvalue weighted by Gasteiger charge is -2.13. The van der Waals surface area contributed by atoms with Gasteiger partial charge in [0.2, 0.25) is 0 Å². The molecule has 2 aromatic carbocycles. The van der Waals surface area contributed by atoms with Gasteiger partial charge in [0.15, 0.2) is 0 Å². The number of carbonyl (C=O) groups is 1. The molecular formula is C18H20O5. The maximum absolute atomic E-state index is 10.8. The van der Waals surface area contributed by atoms with E-state index in [2.05, 4.69) is 6.58 Å². The zero-order valence-electron chi connectivity index (χ0n) is 13.1. The number of aryl methyl sites for hydroxylation is 1. The van der Waals surface area contributed by atoms with Gasteiger partial charge in [-0.3, -0.25) is 0 Å². The summed E-state index contributed by atoms with van der Waals surface area (Å²) in [6, 6.07) is 9.22. The van der Waals surface area contributed by atoms with Crippen LogP contribution >= 0.6 is 0 Å². The molecule has 0 spiro atoms. The van der Waals surface area contributed by atoms with Gasteiger partial charge in [-0.05, 0) is 18.6 Å². The van der Waals surface area contributed by atoms with Crippen LogP contribution in [0.5, 0.6) is 11.5 Å². The molecular weight excluding hydrogens is 296 g/mol. The summed E-state index contributed by atoms with van der Waals surface area (Å²) in [6.45, 7) is 6.43. The monoisotopic (exact) mass is 316 g/mol. The fraction of sp³-hybridized carbons (Fsp3) is 0.278. The summed E-state index contributed by atoms with van der Waals surface area (Å²) in [4.78, 5) is 10.8. The number of benzene rings is 2. The number of phenols is 1. The number of esters is 1. The van der Waals surface area contributed by atoms with Crippen molar-refractivity contribution in [1.82, 2.24) is 0 Å². The van der Waals surface area contributed by atoms with Crippen molar-refractivity contribution >= 4 is 16.7 Å². The van der Waals surface area contributed by atoms with Crippen molar-refractivity contribution in [2.75, 3.05) is 26.4 Å². The lowest BCUT2D eigenvalue weighted by atomic mass is 10.1. The summed E-state index contributed by atoms with van der Waals surface area (Å²) in [7, 11) is 0. The molecule has 0 aliphatic carbocycles. The summed E-state index contributed by atoms with van der Waals surface area (Å²) in [6.07, 6.45) is 1.11. The third kappa shape index (κ3) is 4.47. The Morgan fingerprint density at radius 1 is 1.17 bits per heavy atom. The van der Waals surface area contributed by atoms with E-state index in [1.54, 1.807) is 6.07 Å². The van der Waals surface area contributed by atoms with Crippen LogP contribution in [0.25, 0.3) is 10.8 Å². The molecule has 2 rings (SSSR count). The van der Waals surface area contributed by atoms with Crippen molar-refractivity contribution in [2.24, 2.45) is 0 Å². The number of aromatic hydroxyl groups is 1. The van der Waals surface area contributed by atoms with Crippen molar-refractivity contribution in [3.8, 4) is 11.5 Å². The summed E-state index contributed by atoms with van der Waals surface area (Å²) in [5.41, 5.74) is 0.862. The van der Waals surface area contributed by atoms with Crippen LogP contribution in [0.3, 0.4) is 0 Å². The fourth-order valence-corrected chi connectivity index (χ4v) is 2.22. The van der Waals surface area contributed by atoms with Gasteiger partial charge in [0.1, 0.15) is 24.7 Å². The van der Waals surface area contributed by atoms with E-state index in [-0.39, 0.29) is 12.4 Å². The van der Waals surface area contributed by atoms with Gasteiger partial charge in [-0.1, -0.05) is 30.8 Å². The molecule has 5 heteroatoms. The molecule has 0 aliphatic rings. The molecule has 0 atom stereocenters. The topological polar surface area (TPSA) is 65.0 Å². The first-order chi connectivity index (χ1) is 11.1. The lowest BCUT2D eigenvalue weighted by molar-refractivity contribution is -0.139. The van der Waals surface area contributed by atoms with Gasteiger partial charge in [-0.2, -0.15) is 0 Å². The highest BCUT2D eigenvalue weighted by Crippen LogP contribution is 2.35. The van der Waals surface area contributed by atoms with E-state index in [9.17, 15) is 9.90 Å². The van der Waals surface area contributed by atoms with E-state index < -0.39 is 5.97 Å². The molecule has 23 heavy (non-hydrogen) atoms. The fourth-order valence-electron chi connectivity index (χ4n) is 2.22. The van der Waals surface area contributed by atoms with Gasteiger partial charge < -0.3 is 19.3 Å². The van der Waals surface area contributed by atoms with E-state index >= 15 is 0 Å². The second kappa shape index (κ2) is 8.19. The Kier molecular flexibility index (Phi) is 6.00. The van der Waals surface area contributed by atoms with Gasteiger partial charge in [0, 0.05) is 16.8 Å². The smallest absolute Gasteiger partial charge is 0.330 e. The van der Waals surface area contributed by atoms with E-state index in [1.807, 2.05) is 31.2 Å². The van der Waals surface area contributed by atoms with E-state index in [4.69, 9.17) is 14.2 Å². The van der Waals surface area contributed by atoms with Crippen LogP contribution in [0, 0.1) is 6.92 Å². The Balaban J connectivity index is 1.86. The highest BCUT2D eigenvalue weighted by Gasteiger charge is 2.09. The van der Waals surface area contributed by atoms with Gasteiger partial charge in [0.05, 0.1) is 13.2 Å². The first-order valence-electron chi connectivity index (χ1n) is 7.34. The molecule has 0 aliphatic heterocycles. The summed E-state index contributed by atoms with van der Waals surface area (Å²) < 4.78 is 15.9. The third-order valence-electron chi connectivity index (χ3n) is 3.27. The summed E-state index contributed by atoms with van der Waals surface area (Å²) in [5.74, 6) is 0.516. The minimum Gasteiger partial charge on any atom is -0.507 e. The van der Waals surface area contributed by atoms with Crippen LogP contribution < -0.4 is 4.74 Å². The number of phenolic OH excluding ortho intramolecular Hbond substituents is 1. The molecule has 5 nitrogen and oxygen atoms in total. The van der Waals surface area contributed by atoms with Crippen LogP contribution in [0.15, 0.2) is 43.0 Å².